The maximum atomic E-state index is 11.8. The number of nitrogens with one attached hydrogen (secondary N) is 1. The lowest BCUT2D eigenvalue weighted by Gasteiger charge is -2.22. The summed E-state index contributed by atoms with van der Waals surface area (Å²) < 4.78 is 0. The van der Waals surface area contributed by atoms with Crippen LogP contribution in [-0.2, 0) is 9.59 Å². The van der Waals surface area contributed by atoms with Crippen molar-refractivity contribution in [2.45, 2.75) is 31.7 Å². The second-order valence-electron chi connectivity index (χ2n) is 5.31. The molecule has 2 fully saturated rings. The Bertz CT molecular complexity index is 329. The maximum Gasteiger partial charge on any atom is 0.241 e. The van der Waals surface area contributed by atoms with Crippen LogP contribution in [0.5, 0.6) is 0 Å². The number of likely N-dealkylation sites (tertiary alicyclic amines) is 2. The van der Waals surface area contributed by atoms with E-state index < -0.39 is 0 Å². The molecule has 2 rings (SSSR count). The number of nitrogens with zero attached hydrogens (tertiary/aromatic N) is 2. The normalized spacial score (nSPS) is 23.8. The van der Waals surface area contributed by atoms with Crippen molar-refractivity contribution in [2.75, 3.05) is 39.3 Å². The van der Waals surface area contributed by atoms with E-state index in [0.29, 0.717) is 0 Å². The highest BCUT2D eigenvalue weighted by Gasteiger charge is 2.25. The van der Waals surface area contributed by atoms with Gasteiger partial charge in [0.05, 0.1) is 19.7 Å². The first-order valence-corrected chi connectivity index (χ1v) is 7.10. The predicted molar refractivity (Wildman–Crippen MR) is 70.5 cm³/mol. The summed E-state index contributed by atoms with van der Waals surface area (Å²) in [6.45, 7) is 2.94. The molecule has 2 aliphatic rings. The van der Waals surface area contributed by atoms with Crippen molar-refractivity contribution < 1.29 is 14.7 Å². The molecule has 0 bridgehead atoms. The van der Waals surface area contributed by atoms with Crippen LogP contribution in [0.25, 0.3) is 0 Å². The molecule has 0 spiro atoms. The molecule has 2 heterocycles. The Balaban J connectivity index is 1.68. The molecule has 1 atom stereocenters. The fourth-order valence-electron chi connectivity index (χ4n) is 2.80. The van der Waals surface area contributed by atoms with Gasteiger partial charge in [-0.3, -0.25) is 14.5 Å². The molecule has 0 aliphatic carbocycles. The van der Waals surface area contributed by atoms with E-state index in [0.717, 1.165) is 45.3 Å². The molecule has 0 aromatic heterocycles. The minimum absolute atomic E-state index is 0.00554. The van der Waals surface area contributed by atoms with Gasteiger partial charge in [-0.2, -0.15) is 0 Å². The fourth-order valence-corrected chi connectivity index (χ4v) is 2.80. The van der Waals surface area contributed by atoms with Crippen LogP contribution in [0.3, 0.4) is 0 Å². The molecule has 2 saturated heterocycles. The van der Waals surface area contributed by atoms with Crippen LogP contribution >= 0.6 is 0 Å². The number of amides is 2. The van der Waals surface area contributed by atoms with Gasteiger partial charge in [0.2, 0.25) is 11.8 Å². The van der Waals surface area contributed by atoms with Crippen molar-refractivity contribution >= 4 is 11.8 Å². The molecule has 6 heteroatoms. The van der Waals surface area contributed by atoms with Gasteiger partial charge in [0.1, 0.15) is 0 Å². The zero-order valence-electron chi connectivity index (χ0n) is 11.3. The zero-order chi connectivity index (χ0) is 13.7. The Kier molecular flexibility index (Phi) is 5.15. The molecular weight excluding hydrogens is 246 g/mol. The first-order chi connectivity index (χ1) is 9.20. The van der Waals surface area contributed by atoms with Gasteiger partial charge >= 0.3 is 0 Å². The summed E-state index contributed by atoms with van der Waals surface area (Å²) in [4.78, 5) is 27.3. The number of aliphatic hydroxyl groups excluding tert-OH is 1. The second kappa shape index (κ2) is 6.86. The summed E-state index contributed by atoms with van der Waals surface area (Å²) in [5.74, 6) is -0.126. The molecule has 0 aromatic carbocycles. The third-order valence-corrected chi connectivity index (χ3v) is 3.95. The molecule has 108 valence electrons. The monoisotopic (exact) mass is 269 g/mol. The van der Waals surface area contributed by atoms with Gasteiger partial charge in [-0.05, 0) is 32.2 Å². The lowest BCUT2D eigenvalue weighted by Crippen LogP contribution is -2.44. The number of hydrogen-bond donors (Lipinski definition) is 2. The minimum Gasteiger partial charge on any atom is -0.395 e. The van der Waals surface area contributed by atoms with Gasteiger partial charge in [-0.15, -0.1) is 0 Å². The van der Waals surface area contributed by atoms with E-state index in [9.17, 15) is 14.7 Å². The molecule has 19 heavy (non-hydrogen) atoms. The Morgan fingerprint density at radius 3 is 2.58 bits per heavy atom. The lowest BCUT2D eigenvalue weighted by atomic mass is 10.2. The minimum atomic E-state index is -0.132. The van der Waals surface area contributed by atoms with Crippen molar-refractivity contribution in [2.24, 2.45) is 0 Å². The summed E-state index contributed by atoms with van der Waals surface area (Å²) in [6.07, 6.45) is 4.08. The number of aliphatic hydroxyl groups is 1. The average Bonchev–Trinajstić information content (AvgIpc) is 3.06. The molecule has 0 saturated carbocycles. The Labute approximate surface area is 113 Å². The summed E-state index contributed by atoms with van der Waals surface area (Å²) in [6, 6.07) is 0.0973. The van der Waals surface area contributed by atoms with E-state index in [2.05, 4.69) is 5.32 Å². The van der Waals surface area contributed by atoms with Crippen molar-refractivity contribution in [3.05, 3.63) is 0 Å². The number of carbonyl (C=O) groups is 2. The van der Waals surface area contributed by atoms with Crippen molar-refractivity contribution in [1.29, 1.82) is 0 Å². The van der Waals surface area contributed by atoms with Crippen LogP contribution in [-0.4, -0.2) is 72.1 Å². The second-order valence-corrected chi connectivity index (χ2v) is 5.31. The van der Waals surface area contributed by atoms with Gasteiger partial charge in [0.25, 0.3) is 0 Å². The largest absolute Gasteiger partial charge is 0.395 e. The molecule has 0 aromatic rings. The number of hydrogen-bond acceptors (Lipinski definition) is 4. The fraction of sp³-hybridized carbons (Fsp3) is 0.846. The summed E-state index contributed by atoms with van der Waals surface area (Å²) >= 11 is 0. The van der Waals surface area contributed by atoms with E-state index in [-0.39, 0.29) is 37.6 Å². The Morgan fingerprint density at radius 2 is 1.89 bits per heavy atom. The summed E-state index contributed by atoms with van der Waals surface area (Å²) in [7, 11) is 0. The van der Waals surface area contributed by atoms with E-state index in [4.69, 9.17) is 0 Å². The maximum absolute atomic E-state index is 11.8. The van der Waals surface area contributed by atoms with Crippen molar-refractivity contribution in [1.82, 2.24) is 15.1 Å². The first kappa shape index (κ1) is 14.3. The Hall–Kier alpha value is -1.14. The molecule has 0 radical (unpaired) electrons. The predicted octanol–water partition coefficient (Wildman–Crippen LogP) is -0.818. The number of carbonyl (C=O) groups excluding carboxylic acids is 2. The standard InChI is InChI=1S/C13H23N3O3/c17-10-11-4-3-7-16(11)9-12(18)14-8-13(19)15-5-1-2-6-15/h11,17H,1-10H2,(H,14,18). The highest BCUT2D eigenvalue weighted by atomic mass is 16.3. The van der Waals surface area contributed by atoms with Crippen molar-refractivity contribution in [3.8, 4) is 0 Å². The van der Waals surface area contributed by atoms with Crippen LogP contribution < -0.4 is 5.32 Å². The van der Waals surface area contributed by atoms with E-state index in [1.807, 2.05) is 4.90 Å². The molecule has 6 nitrogen and oxygen atoms in total. The zero-order valence-corrected chi connectivity index (χ0v) is 11.3. The van der Waals surface area contributed by atoms with Gasteiger partial charge in [-0.1, -0.05) is 0 Å². The lowest BCUT2D eigenvalue weighted by molar-refractivity contribution is -0.132. The SMILES string of the molecule is O=C(CN1CCCC1CO)NCC(=O)N1CCCC1. The van der Waals surface area contributed by atoms with Gasteiger partial charge in [0, 0.05) is 19.1 Å². The van der Waals surface area contributed by atoms with Gasteiger partial charge in [0.15, 0.2) is 0 Å². The first-order valence-electron chi connectivity index (χ1n) is 7.10. The topological polar surface area (TPSA) is 72.9 Å². The Morgan fingerprint density at radius 1 is 1.16 bits per heavy atom. The van der Waals surface area contributed by atoms with E-state index in [1.54, 1.807) is 4.90 Å². The van der Waals surface area contributed by atoms with Crippen LogP contribution in [0, 0.1) is 0 Å². The third kappa shape index (κ3) is 3.91. The summed E-state index contributed by atoms with van der Waals surface area (Å²) in [5.41, 5.74) is 0. The van der Waals surface area contributed by atoms with E-state index in [1.165, 1.54) is 0 Å². The quantitative estimate of drug-likeness (QED) is 0.684. The average molecular weight is 269 g/mol. The molecular formula is C13H23N3O3. The summed E-state index contributed by atoms with van der Waals surface area (Å²) in [5, 5.41) is 11.9. The third-order valence-electron chi connectivity index (χ3n) is 3.95. The van der Waals surface area contributed by atoms with Crippen LogP contribution in [0.15, 0.2) is 0 Å². The van der Waals surface area contributed by atoms with Crippen molar-refractivity contribution in [3.63, 3.8) is 0 Å². The van der Waals surface area contributed by atoms with Crippen LogP contribution in [0.4, 0.5) is 0 Å². The number of rotatable bonds is 5. The molecule has 2 aliphatic heterocycles. The molecule has 2 amide bonds. The van der Waals surface area contributed by atoms with Gasteiger partial charge in [-0.25, -0.2) is 0 Å². The van der Waals surface area contributed by atoms with Crippen LogP contribution in [0.1, 0.15) is 25.7 Å². The highest BCUT2D eigenvalue weighted by molar-refractivity contribution is 5.85. The van der Waals surface area contributed by atoms with Gasteiger partial charge < -0.3 is 15.3 Å². The highest BCUT2D eigenvalue weighted by Crippen LogP contribution is 2.15. The smallest absolute Gasteiger partial charge is 0.241 e. The molecule has 2 N–H and O–H groups in total. The molecule has 1 unspecified atom stereocenters. The van der Waals surface area contributed by atoms with E-state index >= 15 is 0 Å². The van der Waals surface area contributed by atoms with Crippen LogP contribution in [0.2, 0.25) is 0 Å².